The second-order valence-electron chi connectivity index (χ2n) is 5.04. The molecular weight excluding hydrogens is 296 g/mol. The standard InChI is InChI=1S/C18H22O5/c1-20-15-8-7-12(9-14(15)19)5-6-13-10-16(21-2)18(23-4)17(11-13)22-3/h7-11,19H,5-6H2,1-4H3. The van der Waals surface area contributed by atoms with Gasteiger partial charge < -0.3 is 24.1 Å². The van der Waals surface area contributed by atoms with Crippen molar-refractivity contribution in [2.75, 3.05) is 28.4 Å². The Morgan fingerprint density at radius 2 is 1.26 bits per heavy atom. The van der Waals surface area contributed by atoms with Crippen LogP contribution in [0.2, 0.25) is 0 Å². The Labute approximate surface area is 136 Å². The van der Waals surface area contributed by atoms with Crippen LogP contribution in [0.5, 0.6) is 28.7 Å². The van der Waals surface area contributed by atoms with Crippen LogP contribution in [0.4, 0.5) is 0 Å². The van der Waals surface area contributed by atoms with Crippen molar-refractivity contribution >= 4 is 0 Å². The normalized spacial score (nSPS) is 10.3. The molecule has 0 fully saturated rings. The molecule has 2 aromatic carbocycles. The number of phenolic OH excluding ortho intramolecular Hbond substituents is 1. The van der Waals surface area contributed by atoms with Gasteiger partial charge in [-0.1, -0.05) is 6.07 Å². The third-order valence-corrected chi connectivity index (χ3v) is 3.67. The van der Waals surface area contributed by atoms with Crippen LogP contribution in [-0.2, 0) is 12.8 Å². The maximum Gasteiger partial charge on any atom is 0.203 e. The zero-order valence-corrected chi connectivity index (χ0v) is 13.9. The number of benzene rings is 2. The first kappa shape index (κ1) is 16.8. The molecule has 0 bridgehead atoms. The first-order valence-electron chi connectivity index (χ1n) is 7.27. The van der Waals surface area contributed by atoms with E-state index in [2.05, 4.69) is 0 Å². The monoisotopic (exact) mass is 318 g/mol. The lowest BCUT2D eigenvalue weighted by Crippen LogP contribution is -1.98. The molecule has 124 valence electrons. The maximum atomic E-state index is 9.84. The third-order valence-electron chi connectivity index (χ3n) is 3.67. The molecule has 0 heterocycles. The Kier molecular flexibility index (Phi) is 5.57. The zero-order valence-electron chi connectivity index (χ0n) is 13.9. The summed E-state index contributed by atoms with van der Waals surface area (Å²) < 4.78 is 21.1. The predicted molar refractivity (Wildman–Crippen MR) is 88.2 cm³/mol. The van der Waals surface area contributed by atoms with Crippen LogP contribution in [0.1, 0.15) is 11.1 Å². The molecule has 0 aliphatic heterocycles. The van der Waals surface area contributed by atoms with Gasteiger partial charge in [-0.3, -0.25) is 0 Å². The van der Waals surface area contributed by atoms with Gasteiger partial charge in [0.25, 0.3) is 0 Å². The minimum absolute atomic E-state index is 0.148. The minimum atomic E-state index is 0.148. The molecule has 2 rings (SSSR count). The lowest BCUT2D eigenvalue weighted by atomic mass is 10.0. The number of rotatable bonds is 7. The van der Waals surface area contributed by atoms with Crippen molar-refractivity contribution in [3.05, 3.63) is 41.5 Å². The first-order chi connectivity index (χ1) is 11.1. The van der Waals surface area contributed by atoms with Gasteiger partial charge in [0.05, 0.1) is 28.4 Å². The summed E-state index contributed by atoms with van der Waals surface area (Å²) in [4.78, 5) is 0. The molecule has 0 unspecified atom stereocenters. The molecule has 2 aromatic rings. The van der Waals surface area contributed by atoms with Crippen molar-refractivity contribution < 1.29 is 24.1 Å². The van der Waals surface area contributed by atoms with Crippen LogP contribution in [0, 0.1) is 0 Å². The number of methoxy groups -OCH3 is 4. The van der Waals surface area contributed by atoms with Gasteiger partial charge in [-0.2, -0.15) is 0 Å². The van der Waals surface area contributed by atoms with E-state index in [1.54, 1.807) is 33.5 Å². The summed E-state index contributed by atoms with van der Waals surface area (Å²) in [5, 5.41) is 9.84. The largest absolute Gasteiger partial charge is 0.504 e. The average molecular weight is 318 g/mol. The summed E-state index contributed by atoms with van der Waals surface area (Å²) in [6.07, 6.45) is 1.55. The molecular formula is C18H22O5. The van der Waals surface area contributed by atoms with Crippen LogP contribution in [-0.4, -0.2) is 33.5 Å². The van der Waals surface area contributed by atoms with Crippen LogP contribution >= 0.6 is 0 Å². The summed E-state index contributed by atoms with van der Waals surface area (Å²) in [6, 6.07) is 9.29. The van der Waals surface area contributed by atoms with E-state index in [0.29, 0.717) is 23.0 Å². The van der Waals surface area contributed by atoms with Gasteiger partial charge in [0.1, 0.15) is 0 Å². The number of ether oxygens (including phenoxy) is 4. The Balaban J connectivity index is 2.18. The van der Waals surface area contributed by atoms with Crippen LogP contribution in [0.25, 0.3) is 0 Å². The fraction of sp³-hybridized carbons (Fsp3) is 0.333. The predicted octanol–water partition coefficient (Wildman–Crippen LogP) is 3.21. The van der Waals surface area contributed by atoms with E-state index in [0.717, 1.165) is 24.0 Å². The van der Waals surface area contributed by atoms with Crippen molar-refractivity contribution in [3.63, 3.8) is 0 Å². The number of hydrogen-bond donors (Lipinski definition) is 1. The second-order valence-corrected chi connectivity index (χ2v) is 5.04. The molecule has 0 radical (unpaired) electrons. The second kappa shape index (κ2) is 7.63. The van der Waals surface area contributed by atoms with E-state index in [-0.39, 0.29) is 5.75 Å². The molecule has 0 aliphatic rings. The highest BCUT2D eigenvalue weighted by atomic mass is 16.5. The molecule has 5 nitrogen and oxygen atoms in total. The van der Waals surface area contributed by atoms with Crippen molar-refractivity contribution in [2.45, 2.75) is 12.8 Å². The highest BCUT2D eigenvalue weighted by molar-refractivity contribution is 5.54. The molecule has 0 saturated heterocycles. The molecule has 0 atom stereocenters. The van der Waals surface area contributed by atoms with E-state index < -0.39 is 0 Å². The van der Waals surface area contributed by atoms with E-state index in [1.165, 1.54) is 7.11 Å². The fourth-order valence-corrected chi connectivity index (χ4v) is 2.46. The van der Waals surface area contributed by atoms with Gasteiger partial charge >= 0.3 is 0 Å². The fourth-order valence-electron chi connectivity index (χ4n) is 2.46. The summed E-state index contributed by atoms with van der Waals surface area (Å²) in [5.41, 5.74) is 2.09. The molecule has 0 aliphatic carbocycles. The van der Waals surface area contributed by atoms with E-state index in [1.807, 2.05) is 18.2 Å². The molecule has 0 amide bonds. The van der Waals surface area contributed by atoms with Gasteiger partial charge in [0.15, 0.2) is 23.0 Å². The third kappa shape index (κ3) is 3.80. The highest BCUT2D eigenvalue weighted by Gasteiger charge is 2.13. The lowest BCUT2D eigenvalue weighted by Gasteiger charge is -2.14. The van der Waals surface area contributed by atoms with Gasteiger partial charge in [0.2, 0.25) is 5.75 Å². The molecule has 5 heteroatoms. The topological polar surface area (TPSA) is 57.2 Å². The van der Waals surface area contributed by atoms with E-state index in [4.69, 9.17) is 18.9 Å². The number of aryl methyl sites for hydroxylation is 2. The summed E-state index contributed by atoms with van der Waals surface area (Å²) in [7, 11) is 6.32. The van der Waals surface area contributed by atoms with Gasteiger partial charge in [0, 0.05) is 0 Å². The average Bonchev–Trinajstić information content (AvgIpc) is 2.58. The maximum absolute atomic E-state index is 9.84. The van der Waals surface area contributed by atoms with Crippen LogP contribution in [0.3, 0.4) is 0 Å². The van der Waals surface area contributed by atoms with E-state index in [9.17, 15) is 5.11 Å². The SMILES string of the molecule is COc1ccc(CCc2cc(OC)c(OC)c(OC)c2)cc1O. The molecule has 0 spiro atoms. The van der Waals surface area contributed by atoms with Crippen LogP contribution < -0.4 is 18.9 Å². The Morgan fingerprint density at radius 1 is 0.696 bits per heavy atom. The lowest BCUT2D eigenvalue weighted by molar-refractivity contribution is 0.324. The first-order valence-corrected chi connectivity index (χ1v) is 7.27. The summed E-state index contributed by atoms with van der Waals surface area (Å²) >= 11 is 0. The molecule has 23 heavy (non-hydrogen) atoms. The summed E-state index contributed by atoms with van der Waals surface area (Å²) in [5.74, 6) is 2.48. The highest BCUT2D eigenvalue weighted by Crippen LogP contribution is 2.38. The number of phenols is 1. The van der Waals surface area contributed by atoms with Crippen molar-refractivity contribution in [3.8, 4) is 28.7 Å². The Hall–Kier alpha value is -2.56. The number of aromatic hydroxyl groups is 1. The van der Waals surface area contributed by atoms with Gasteiger partial charge in [-0.05, 0) is 48.2 Å². The van der Waals surface area contributed by atoms with Crippen molar-refractivity contribution in [2.24, 2.45) is 0 Å². The van der Waals surface area contributed by atoms with Gasteiger partial charge in [-0.15, -0.1) is 0 Å². The molecule has 0 saturated carbocycles. The quantitative estimate of drug-likeness (QED) is 0.849. The smallest absolute Gasteiger partial charge is 0.203 e. The number of hydrogen-bond acceptors (Lipinski definition) is 5. The summed E-state index contributed by atoms with van der Waals surface area (Å²) in [6.45, 7) is 0. The molecule has 1 N–H and O–H groups in total. The van der Waals surface area contributed by atoms with Crippen LogP contribution in [0.15, 0.2) is 30.3 Å². The minimum Gasteiger partial charge on any atom is -0.504 e. The molecule has 0 aromatic heterocycles. The van der Waals surface area contributed by atoms with Crippen molar-refractivity contribution in [1.29, 1.82) is 0 Å². The van der Waals surface area contributed by atoms with E-state index >= 15 is 0 Å². The Bertz CT molecular complexity index is 641. The zero-order chi connectivity index (χ0) is 16.8. The van der Waals surface area contributed by atoms with Gasteiger partial charge in [-0.25, -0.2) is 0 Å². The Morgan fingerprint density at radius 3 is 1.74 bits per heavy atom. The van der Waals surface area contributed by atoms with Crippen molar-refractivity contribution in [1.82, 2.24) is 0 Å².